The fourth-order valence-corrected chi connectivity index (χ4v) is 2.46. The fourth-order valence-electron chi connectivity index (χ4n) is 2.46. The quantitative estimate of drug-likeness (QED) is 0.821. The zero-order valence-electron chi connectivity index (χ0n) is 10.3. The maximum atomic E-state index is 8.82. The van der Waals surface area contributed by atoms with Gasteiger partial charge in [-0.15, -0.1) is 0 Å². The fraction of sp³-hybridized carbons (Fsp3) is 0.286. The van der Waals surface area contributed by atoms with Crippen molar-refractivity contribution in [2.75, 3.05) is 6.54 Å². The van der Waals surface area contributed by atoms with Gasteiger partial charge in [-0.05, 0) is 12.1 Å². The molecule has 90 valence electrons. The molecular formula is C14H14N4. The van der Waals surface area contributed by atoms with E-state index in [1.165, 1.54) is 11.3 Å². The van der Waals surface area contributed by atoms with Crippen LogP contribution in [-0.2, 0) is 20.0 Å². The van der Waals surface area contributed by atoms with Crippen LogP contribution in [0.5, 0.6) is 0 Å². The number of fused-ring (bicyclic) bond motifs is 1. The lowest BCUT2D eigenvalue weighted by Crippen LogP contribution is -2.24. The van der Waals surface area contributed by atoms with E-state index in [4.69, 9.17) is 5.26 Å². The van der Waals surface area contributed by atoms with Crippen molar-refractivity contribution in [3.8, 4) is 17.3 Å². The maximum absolute atomic E-state index is 8.82. The van der Waals surface area contributed by atoms with Gasteiger partial charge in [-0.25, -0.2) is 0 Å². The minimum atomic E-state index is 0.682. The highest BCUT2D eigenvalue weighted by molar-refractivity contribution is 5.65. The number of aromatic nitrogens is 2. The molecule has 18 heavy (non-hydrogen) atoms. The van der Waals surface area contributed by atoms with Gasteiger partial charge in [0.15, 0.2) is 0 Å². The van der Waals surface area contributed by atoms with Crippen molar-refractivity contribution in [2.24, 2.45) is 7.05 Å². The average molecular weight is 238 g/mol. The van der Waals surface area contributed by atoms with Crippen molar-refractivity contribution < 1.29 is 0 Å². The first-order valence-corrected chi connectivity index (χ1v) is 6.05. The summed E-state index contributed by atoms with van der Waals surface area (Å²) in [4.78, 5) is 0. The van der Waals surface area contributed by atoms with E-state index in [1.54, 1.807) is 0 Å². The Hall–Kier alpha value is -2.12. The predicted molar refractivity (Wildman–Crippen MR) is 68.8 cm³/mol. The Kier molecular flexibility index (Phi) is 2.62. The van der Waals surface area contributed by atoms with Crippen LogP contribution in [0.2, 0.25) is 0 Å². The van der Waals surface area contributed by atoms with Crippen molar-refractivity contribution in [1.29, 1.82) is 5.26 Å². The number of nitriles is 1. The molecule has 3 rings (SSSR count). The van der Waals surface area contributed by atoms with E-state index in [0.717, 1.165) is 30.8 Å². The maximum Gasteiger partial charge on any atom is 0.0991 e. The summed E-state index contributed by atoms with van der Waals surface area (Å²) < 4.78 is 1.98. The van der Waals surface area contributed by atoms with Crippen LogP contribution >= 0.6 is 0 Å². The van der Waals surface area contributed by atoms with Gasteiger partial charge >= 0.3 is 0 Å². The number of benzene rings is 1. The summed E-state index contributed by atoms with van der Waals surface area (Å²) in [6.07, 6.45) is 1.02. The minimum absolute atomic E-state index is 0.682. The van der Waals surface area contributed by atoms with Gasteiger partial charge in [0.25, 0.3) is 0 Å². The van der Waals surface area contributed by atoms with Gasteiger partial charge in [0.2, 0.25) is 0 Å². The van der Waals surface area contributed by atoms with Crippen LogP contribution in [0.15, 0.2) is 24.3 Å². The molecule has 0 fully saturated rings. The topological polar surface area (TPSA) is 53.6 Å². The first kappa shape index (κ1) is 11.0. The van der Waals surface area contributed by atoms with E-state index in [2.05, 4.69) is 16.5 Å². The average Bonchev–Trinajstić information content (AvgIpc) is 2.77. The van der Waals surface area contributed by atoms with Crippen LogP contribution in [-0.4, -0.2) is 16.3 Å². The molecule has 0 bridgehead atoms. The number of nitrogens with one attached hydrogen (secondary N) is 1. The van der Waals surface area contributed by atoms with Crippen molar-refractivity contribution in [3.05, 3.63) is 41.1 Å². The Labute approximate surface area is 106 Å². The Morgan fingerprint density at radius 1 is 1.33 bits per heavy atom. The second kappa shape index (κ2) is 4.28. The normalized spacial score (nSPS) is 14.0. The Morgan fingerprint density at radius 2 is 2.11 bits per heavy atom. The zero-order valence-corrected chi connectivity index (χ0v) is 10.3. The number of rotatable bonds is 1. The zero-order chi connectivity index (χ0) is 12.5. The number of aryl methyl sites for hydroxylation is 1. The van der Waals surface area contributed by atoms with Crippen LogP contribution < -0.4 is 5.32 Å². The molecule has 0 amide bonds. The van der Waals surface area contributed by atoms with Crippen molar-refractivity contribution >= 4 is 0 Å². The molecule has 1 aromatic carbocycles. The summed E-state index contributed by atoms with van der Waals surface area (Å²) in [5.41, 5.74) is 5.39. The third-order valence-electron chi connectivity index (χ3n) is 3.40. The smallest absolute Gasteiger partial charge is 0.0991 e. The summed E-state index contributed by atoms with van der Waals surface area (Å²) in [5, 5.41) is 16.8. The molecule has 2 aromatic rings. The van der Waals surface area contributed by atoms with Crippen molar-refractivity contribution in [2.45, 2.75) is 13.0 Å². The number of hydrogen-bond donors (Lipinski definition) is 1. The second-order valence-corrected chi connectivity index (χ2v) is 4.51. The molecule has 0 aliphatic carbocycles. The van der Waals surface area contributed by atoms with Crippen LogP contribution in [0.25, 0.3) is 11.3 Å². The lowest BCUT2D eigenvalue weighted by atomic mass is 10.0. The Morgan fingerprint density at radius 3 is 2.83 bits per heavy atom. The summed E-state index contributed by atoms with van der Waals surface area (Å²) in [6.45, 7) is 1.89. The molecule has 0 atom stereocenters. The molecule has 1 aliphatic heterocycles. The molecule has 4 heteroatoms. The largest absolute Gasteiger partial charge is 0.312 e. The monoisotopic (exact) mass is 238 g/mol. The van der Waals surface area contributed by atoms with Gasteiger partial charge in [0.05, 0.1) is 17.3 Å². The SMILES string of the molecule is Cn1nc(-c2ccc(C#N)cc2)c2c1CCNC2. The third-order valence-corrected chi connectivity index (χ3v) is 3.40. The molecule has 4 nitrogen and oxygen atoms in total. The van der Waals surface area contributed by atoms with Gasteiger partial charge in [-0.2, -0.15) is 10.4 Å². The highest BCUT2D eigenvalue weighted by atomic mass is 15.3. The van der Waals surface area contributed by atoms with Gasteiger partial charge in [-0.3, -0.25) is 4.68 Å². The Bertz CT molecular complexity index is 616. The molecule has 0 saturated heterocycles. The number of nitrogens with zero attached hydrogens (tertiary/aromatic N) is 3. The first-order valence-electron chi connectivity index (χ1n) is 6.05. The van der Waals surface area contributed by atoms with Gasteiger partial charge in [0, 0.05) is 43.4 Å². The van der Waals surface area contributed by atoms with Crippen LogP contribution in [0.4, 0.5) is 0 Å². The van der Waals surface area contributed by atoms with Gasteiger partial charge < -0.3 is 5.32 Å². The molecule has 1 aromatic heterocycles. The molecule has 2 heterocycles. The highest BCUT2D eigenvalue weighted by Crippen LogP contribution is 2.27. The third kappa shape index (κ3) is 1.69. The van der Waals surface area contributed by atoms with Crippen LogP contribution in [0.1, 0.15) is 16.8 Å². The van der Waals surface area contributed by atoms with Crippen LogP contribution in [0, 0.1) is 11.3 Å². The predicted octanol–water partition coefficient (Wildman–Crippen LogP) is 1.60. The van der Waals surface area contributed by atoms with E-state index >= 15 is 0 Å². The first-order chi connectivity index (χ1) is 8.79. The lowest BCUT2D eigenvalue weighted by molar-refractivity contribution is 0.604. The van der Waals surface area contributed by atoms with E-state index in [1.807, 2.05) is 36.0 Å². The highest BCUT2D eigenvalue weighted by Gasteiger charge is 2.19. The van der Waals surface area contributed by atoms with Gasteiger partial charge in [-0.1, -0.05) is 12.1 Å². The van der Waals surface area contributed by atoms with E-state index in [-0.39, 0.29) is 0 Å². The summed E-state index contributed by atoms with van der Waals surface area (Å²) in [5.74, 6) is 0. The van der Waals surface area contributed by atoms with E-state index in [9.17, 15) is 0 Å². The summed E-state index contributed by atoms with van der Waals surface area (Å²) in [7, 11) is 2.00. The van der Waals surface area contributed by atoms with Gasteiger partial charge in [0.1, 0.15) is 0 Å². The van der Waals surface area contributed by atoms with E-state index < -0.39 is 0 Å². The lowest BCUT2D eigenvalue weighted by Gasteiger charge is -2.14. The minimum Gasteiger partial charge on any atom is -0.312 e. The Balaban J connectivity index is 2.08. The van der Waals surface area contributed by atoms with Crippen molar-refractivity contribution in [3.63, 3.8) is 0 Å². The number of hydrogen-bond acceptors (Lipinski definition) is 3. The van der Waals surface area contributed by atoms with E-state index in [0.29, 0.717) is 5.56 Å². The molecule has 0 spiro atoms. The molecule has 0 saturated carbocycles. The molecule has 1 aliphatic rings. The molecule has 0 unspecified atom stereocenters. The van der Waals surface area contributed by atoms with Crippen molar-refractivity contribution in [1.82, 2.24) is 15.1 Å². The molecular weight excluding hydrogens is 224 g/mol. The second-order valence-electron chi connectivity index (χ2n) is 4.51. The van der Waals surface area contributed by atoms with Crippen LogP contribution in [0.3, 0.4) is 0 Å². The molecule has 0 radical (unpaired) electrons. The summed E-state index contributed by atoms with van der Waals surface area (Å²) in [6, 6.07) is 9.75. The standard InChI is InChI=1S/C14H14N4/c1-18-13-6-7-16-9-12(13)14(17-18)11-4-2-10(8-15)3-5-11/h2-5,16H,6-7,9H2,1H3. The summed E-state index contributed by atoms with van der Waals surface area (Å²) >= 11 is 0. The molecule has 1 N–H and O–H groups in total.